The number of hydrogen-bond donors (Lipinski definition) is 1. The van der Waals surface area contributed by atoms with E-state index >= 15 is 0 Å². The van der Waals surface area contributed by atoms with Crippen LogP contribution in [0.2, 0.25) is 0 Å². The smallest absolute Gasteiger partial charge is 0.230 e. The van der Waals surface area contributed by atoms with Crippen LogP contribution in [0.25, 0.3) is 5.76 Å². The lowest BCUT2D eigenvalue weighted by molar-refractivity contribution is 0.510. The van der Waals surface area contributed by atoms with Crippen molar-refractivity contribution in [2.24, 2.45) is 0 Å². The number of aliphatic hydroxyl groups excluding tert-OH is 1. The molecule has 0 atom stereocenters. The summed E-state index contributed by atoms with van der Waals surface area (Å²) in [4.78, 5) is 10.3. The normalized spacial score (nSPS) is 11.8. The van der Waals surface area contributed by atoms with Gasteiger partial charge in [0.1, 0.15) is 11.5 Å². The summed E-state index contributed by atoms with van der Waals surface area (Å²) >= 11 is 0. The molecule has 0 amide bonds. The second kappa shape index (κ2) is 6.59. The summed E-state index contributed by atoms with van der Waals surface area (Å²) in [6.45, 7) is 7.50. The van der Waals surface area contributed by atoms with E-state index in [0.717, 1.165) is 12.1 Å². The van der Waals surface area contributed by atoms with Crippen LogP contribution < -0.4 is 4.90 Å². The summed E-state index contributed by atoms with van der Waals surface area (Å²) in [6.07, 6.45) is 8.44. The first kappa shape index (κ1) is 14.0. The van der Waals surface area contributed by atoms with Crippen molar-refractivity contribution >= 4 is 11.7 Å². The van der Waals surface area contributed by atoms with Crippen LogP contribution in [-0.4, -0.2) is 22.1 Å². The van der Waals surface area contributed by atoms with Gasteiger partial charge in [0.05, 0.1) is 0 Å². The fourth-order valence-corrected chi connectivity index (χ4v) is 1.47. The summed E-state index contributed by atoms with van der Waals surface area (Å²) in [5.41, 5.74) is 1.53. The lowest BCUT2D eigenvalue weighted by Gasteiger charge is -2.19. The Balaban J connectivity index is 3.05. The molecule has 0 radical (unpaired) electrons. The van der Waals surface area contributed by atoms with E-state index in [2.05, 4.69) is 23.5 Å². The molecule has 1 aromatic rings. The van der Waals surface area contributed by atoms with Gasteiger partial charge < -0.3 is 10.0 Å². The fourth-order valence-electron chi connectivity index (χ4n) is 1.47. The molecule has 0 unspecified atom stereocenters. The van der Waals surface area contributed by atoms with Gasteiger partial charge in [0.2, 0.25) is 5.95 Å². The van der Waals surface area contributed by atoms with E-state index in [4.69, 9.17) is 0 Å². The van der Waals surface area contributed by atoms with Crippen LogP contribution in [0.15, 0.2) is 42.8 Å². The van der Waals surface area contributed by atoms with Crippen molar-refractivity contribution in [3.05, 3.63) is 48.5 Å². The first-order chi connectivity index (χ1) is 8.60. The first-order valence-corrected chi connectivity index (χ1v) is 5.87. The van der Waals surface area contributed by atoms with Gasteiger partial charge in [0.25, 0.3) is 0 Å². The lowest BCUT2D eigenvalue weighted by Crippen LogP contribution is -2.19. The average Bonchev–Trinajstić information content (AvgIpc) is 2.39. The zero-order valence-electron chi connectivity index (χ0n) is 11.1. The Kier molecular flexibility index (Phi) is 5.11. The van der Waals surface area contributed by atoms with Crippen LogP contribution in [-0.2, 0) is 0 Å². The molecule has 0 aromatic carbocycles. The number of hydrogen-bond acceptors (Lipinski definition) is 4. The van der Waals surface area contributed by atoms with Crippen LogP contribution in [0.4, 0.5) is 5.95 Å². The van der Waals surface area contributed by atoms with E-state index in [1.54, 1.807) is 12.3 Å². The van der Waals surface area contributed by atoms with E-state index < -0.39 is 0 Å². The second-order valence-corrected chi connectivity index (χ2v) is 3.78. The third kappa shape index (κ3) is 3.45. The molecule has 0 aliphatic carbocycles. The molecule has 18 heavy (non-hydrogen) atoms. The first-order valence-electron chi connectivity index (χ1n) is 5.87. The maximum absolute atomic E-state index is 9.34. The summed E-state index contributed by atoms with van der Waals surface area (Å²) in [6, 6.07) is 1.63. The van der Waals surface area contributed by atoms with Crippen molar-refractivity contribution in [3.63, 3.8) is 0 Å². The average molecular weight is 245 g/mol. The Morgan fingerprint density at radius 3 is 2.83 bits per heavy atom. The molecule has 0 aliphatic rings. The summed E-state index contributed by atoms with van der Waals surface area (Å²) in [5, 5.41) is 9.34. The highest BCUT2D eigenvalue weighted by molar-refractivity contribution is 5.53. The highest BCUT2D eigenvalue weighted by Gasteiger charge is 2.09. The molecule has 1 N–H and O–H groups in total. The molecule has 1 aromatic heterocycles. The van der Waals surface area contributed by atoms with Gasteiger partial charge in [-0.15, -0.1) is 0 Å². The van der Waals surface area contributed by atoms with Gasteiger partial charge in [-0.05, 0) is 25.5 Å². The van der Waals surface area contributed by atoms with Gasteiger partial charge in [-0.25, -0.2) is 9.97 Å². The van der Waals surface area contributed by atoms with Gasteiger partial charge >= 0.3 is 0 Å². The Morgan fingerprint density at radius 2 is 2.28 bits per heavy atom. The van der Waals surface area contributed by atoms with Crippen LogP contribution >= 0.6 is 0 Å². The maximum Gasteiger partial charge on any atom is 0.230 e. The molecular weight excluding hydrogens is 226 g/mol. The molecule has 96 valence electrons. The predicted octanol–water partition coefficient (Wildman–Crippen LogP) is 3.31. The molecule has 0 spiro atoms. The Morgan fingerprint density at radius 1 is 1.56 bits per heavy atom. The second-order valence-electron chi connectivity index (χ2n) is 3.78. The predicted molar refractivity (Wildman–Crippen MR) is 75.3 cm³/mol. The largest absolute Gasteiger partial charge is 0.506 e. The third-order valence-corrected chi connectivity index (χ3v) is 2.51. The van der Waals surface area contributed by atoms with Crippen LogP contribution in [0.5, 0.6) is 0 Å². The number of allylic oxidation sites excluding steroid dienone is 4. The molecule has 0 saturated heterocycles. The summed E-state index contributed by atoms with van der Waals surface area (Å²) in [7, 11) is 1.90. The fraction of sp³-hybridized carbons (Fsp3) is 0.286. The van der Waals surface area contributed by atoms with E-state index in [9.17, 15) is 5.11 Å². The van der Waals surface area contributed by atoms with Crippen molar-refractivity contribution in [1.82, 2.24) is 9.97 Å². The standard InChI is InChI=1S/C14H19N3O/c1-5-7-8-12(6-2)17(4)14-15-10-9-13(16-14)11(3)18/h5,7-10,18H,3,6H2,1-2,4H3/b7-5-,12-8+. The molecule has 0 saturated carbocycles. The molecule has 0 aliphatic heterocycles. The molecule has 4 heteroatoms. The Labute approximate surface area is 108 Å². The molecular formula is C14H19N3O. The minimum absolute atomic E-state index is 0.0532. The SMILES string of the molecule is C=C(O)c1ccnc(N(C)/C(=C/C=C\C)CC)n1. The molecule has 4 nitrogen and oxygen atoms in total. The van der Waals surface area contributed by atoms with Gasteiger partial charge in [0.15, 0.2) is 0 Å². The van der Waals surface area contributed by atoms with Gasteiger partial charge in [-0.2, -0.15) is 0 Å². The lowest BCUT2D eigenvalue weighted by atomic mass is 10.3. The van der Waals surface area contributed by atoms with E-state index in [-0.39, 0.29) is 5.76 Å². The zero-order chi connectivity index (χ0) is 13.5. The van der Waals surface area contributed by atoms with Crippen LogP contribution in [0.1, 0.15) is 26.0 Å². The van der Waals surface area contributed by atoms with Gasteiger partial charge in [-0.3, -0.25) is 0 Å². The zero-order valence-corrected chi connectivity index (χ0v) is 11.1. The molecule has 0 bridgehead atoms. The molecule has 0 fully saturated rings. The van der Waals surface area contributed by atoms with E-state index in [1.807, 2.05) is 37.1 Å². The monoisotopic (exact) mass is 245 g/mol. The Bertz CT molecular complexity index is 478. The van der Waals surface area contributed by atoms with Crippen molar-refractivity contribution < 1.29 is 5.11 Å². The van der Waals surface area contributed by atoms with Gasteiger partial charge in [0, 0.05) is 18.9 Å². The molecule has 1 heterocycles. The number of rotatable bonds is 5. The van der Waals surface area contributed by atoms with Crippen molar-refractivity contribution in [1.29, 1.82) is 0 Å². The summed E-state index contributed by atoms with van der Waals surface area (Å²) < 4.78 is 0. The highest BCUT2D eigenvalue weighted by Crippen LogP contribution is 2.16. The van der Waals surface area contributed by atoms with Crippen molar-refractivity contribution in [3.8, 4) is 0 Å². The number of nitrogens with zero attached hydrogens (tertiary/aromatic N) is 3. The molecule has 1 rings (SSSR count). The minimum Gasteiger partial charge on any atom is -0.506 e. The van der Waals surface area contributed by atoms with Crippen molar-refractivity contribution in [2.45, 2.75) is 20.3 Å². The van der Waals surface area contributed by atoms with Crippen LogP contribution in [0.3, 0.4) is 0 Å². The summed E-state index contributed by atoms with van der Waals surface area (Å²) in [5.74, 6) is 0.489. The highest BCUT2D eigenvalue weighted by atomic mass is 16.3. The van der Waals surface area contributed by atoms with Crippen LogP contribution in [0, 0.1) is 0 Å². The topological polar surface area (TPSA) is 49.3 Å². The number of anilines is 1. The van der Waals surface area contributed by atoms with E-state index in [1.165, 1.54) is 0 Å². The van der Waals surface area contributed by atoms with E-state index in [0.29, 0.717) is 11.6 Å². The Hall–Kier alpha value is -2.10. The third-order valence-electron chi connectivity index (χ3n) is 2.51. The number of aromatic nitrogens is 2. The maximum atomic E-state index is 9.34. The van der Waals surface area contributed by atoms with Gasteiger partial charge in [-0.1, -0.05) is 25.7 Å². The quantitative estimate of drug-likeness (QED) is 0.638. The number of aliphatic hydroxyl groups is 1. The minimum atomic E-state index is -0.0532. The van der Waals surface area contributed by atoms with Crippen molar-refractivity contribution in [2.75, 3.05) is 11.9 Å².